The van der Waals surface area contributed by atoms with Gasteiger partial charge in [-0.25, -0.2) is 0 Å². The lowest BCUT2D eigenvalue weighted by molar-refractivity contribution is 0.242. The van der Waals surface area contributed by atoms with Crippen molar-refractivity contribution in [2.45, 2.75) is 32.9 Å². The maximum absolute atomic E-state index is 6.24. The normalized spacial score (nSPS) is 12.5. The standard InChI is InChI=1S/C16H20N2O/c1-11(2)19-15-8-6-13(7-9-15)16(17)14-5-4-12(3)18-10-14/h4-11,16H,17H2,1-3H3. The van der Waals surface area contributed by atoms with Crippen LogP contribution in [0.2, 0.25) is 0 Å². The average molecular weight is 256 g/mol. The second-order valence-electron chi connectivity index (χ2n) is 4.95. The SMILES string of the molecule is Cc1ccc(C(N)c2ccc(OC(C)C)cc2)cn1. The van der Waals surface area contributed by atoms with Crippen LogP contribution in [0.15, 0.2) is 42.6 Å². The van der Waals surface area contributed by atoms with Gasteiger partial charge in [0.2, 0.25) is 0 Å². The van der Waals surface area contributed by atoms with Gasteiger partial charge in [0.1, 0.15) is 5.75 Å². The predicted octanol–water partition coefficient (Wildman–Crippen LogP) is 3.23. The number of ether oxygens (including phenoxy) is 1. The summed E-state index contributed by atoms with van der Waals surface area (Å²) in [6, 6.07) is 11.8. The Labute approximate surface area is 114 Å². The molecule has 0 fully saturated rings. The van der Waals surface area contributed by atoms with E-state index in [9.17, 15) is 0 Å². The molecule has 0 aliphatic heterocycles. The van der Waals surface area contributed by atoms with E-state index in [4.69, 9.17) is 10.5 Å². The average Bonchev–Trinajstić information content (AvgIpc) is 2.39. The third-order valence-electron chi connectivity index (χ3n) is 2.90. The van der Waals surface area contributed by atoms with Crippen LogP contribution in [-0.2, 0) is 0 Å². The van der Waals surface area contributed by atoms with Gasteiger partial charge in [-0.2, -0.15) is 0 Å². The van der Waals surface area contributed by atoms with Gasteiger partial charge in [0, 0.05) is 11.9 Å². The molecule has 0 radical (unpaired) electrons. The van der Waals surface area contributed by atoms with Gasteiger partial charge in [0.15, 0.2) is 0 Å². The number of rotatable bonds is 4. The van der Waals surface area contributed by atoms with Crippen LogP contribution in [-0.4, -0.2) is 11.1 Å². The molecule has 100 valence electrons. The third-order valence-corrected chi connectivity index (χ3v) is 2.90. The number of hydrogen-bond acceptors (Lipinski definition) is 3. The van der Waals surface area contributed by atoms with Crippen molar-refractivity contribution in [2.24, 2.45) is 5.73 Å². The van der Waals surface area contributed by atoms with Gasteiger partial charge >= 0.3 is 0 Å². The summed E-state index contributed by atoms with van der Waals surface area (Å²) in [5.74, 6) is 0.869. The number of nitrogens with two attached hydrogens (primary N) is 1. The fourth-order valence-corrected chi connectivity index (χ4v) is 1.88. The van der Waals surface area contributed by atoms with Crippen molar-refractivity contribution in [1.29, 1.82) is 0 Å². The highest BCUT2D eigenvalue weighted by atomic mass is 16.5. The molecular weight excluding hydrogens is 236 g/mol. The number of hydrogen-bond donors (Lipinski definition) is 1. The Bertz CT molecular complexity index is 517. The molecule has 3 heteroatoms. The van der Waals surface area contributed by atoms with Crippen molar-refractivity contribution < 1.29 is 4.74 Å². The van der Waals surface area contributed by atoms with Crippen molar-refractivity contribution >= 4 is 0 Å². The molecule has 0 bridgehead atoms. The van der Waals surface area contributed by atoms with E-state index >= 15 is 0 Å². The summed E-state index contributed by atoms with van der Waals surface area (Å²) in [5.41, 5.74) is 9.31. The summed E-state index contributed by atoms with van der Waals surface area (Å²) >= 11 is 0. The Morgan fingerprint density at radius 2 is 1.63 bits per heavy atom. The van der Waals surface area contributed by atoms with E-state index in [0.717, 1.165) is 22.6 Å². The molecule has 2 N–H and O–H groups in total. The zero-order valence-corrected chi connectivity index (χ0v) is 11.6. The minimum absolute atomic E-state index is 0.152. The smallest absolute Gasteiger partial charge is 0.119 e. The molecule has 0 saturated carbocycles. The Balaban J connectivity index is 2.15. The maximum atomic E-state index is 6.24. The van der Waals surface area contributed by atoms with E-state index in [1.807, 2.05) is 63.4 Å². The highest BCUT2D eigenvalue weighted by Gasteiger charge is 2.09. The molecule has 0 amide bonds. The van der Waals surface area contributed by atoms with Gasteiger partial charge in [-0.1, -0.05) is 18.2 Å². The van der Waals surface area contributed by atoms with Crippen LogP contribution in [0, 0.1) is 6.92 Å². The molecule has 1 heterocycles. The molecular formula is C16H20N2O. The van der Waals surface area contributed by atoms with E-state index in [1.165, 1.54) is 0 Å². The van der Waals surface area contributed by atoms with Crippen molar-refractivity contribution in [3.63, 3.8) is 0 Å². The summed E-state index contributed by atoms with van der Waals surface area (Å²) in [7, 11) is 0. The lowest BCUT2D eigenvalue weighted by Gasteiger charge is -2.14. The minimum Gasteiger partial charge on any atom is -0.491 e. The van der Waals surface area contributed by atoms with Crippen molar-refractivity contribution in [2.75, 3.05) is 0 Å². The van der Waals surface area contributed by atoms with Crippen LogP contribution >= 0.6 is 0 Å². The second kappa shape index (κ2) is 5.85. The van der Waals surface area contributed by atoms with E-state index in [-0.39, 0.29) is 12.1 Å². The van der Waals surface area contributed by atoms with Gasteiger partial charge in [-0.15, -0.1) is 0 Å². The Morgan fingerprint density at radius 3 is 2.16 bits per heavy atom. The number of aryl methyl sites for hydroxylation is 1. The lowest BCUT2D eigenvalue weighted by atomic mass is 10.0. The highest BCUT2D eigenvalue weighted by Crippen LogP contribution is 2.22. The first-order valence-corrected chi connectivity index (χ1v) is 6.51. The Kier molecular flexibility index (Phi) is 4.17. The number of aromatic nitrogens is 1. The molecule has 0 aliphatic carbocycles. The van der Waals surface area contributed by atoms with Gasteiger partial charge in [-0.3, -0.25) is 4.98 Å². The monoisotopic (exact) mass is 256 g/mol. The summed E-state index contributed by atoms with van der Waals surface area (Å²) in [5, 5.41) is 0. The first-order valence-electron chi connectivity index (χ1n) is 6.51. The zero-order valence-electron chi connectivity index (χ0n) is 11.6. The molecule has 0 aliphatic rings. The maximum Gasteiger partial charge on any atom is 0.119 e. The molecule has 1 unspecified atom stereocenters. The zero-order chi connectivity index (χ0) is 13.8. The molecule has 19 heavy (non-hydrogen) atoms. The van der Waals surface area contributed by atoms with Gasteiger partial charge in [0.05, 0.1) is 12.1 Å². The molecule has 3 nitrogen and oxygen atoms in total. The van der Waals surface area contributed by atoms with Crippen LogP contribution in [0.4, 0.5) is 0 Å². The van der Waals surface area contributed by atoms with Crippen molar-refractivity contribution in [3.05, 3.63) is 59.4 Å². The first-order chi connectivity index (χ1) is 9.06. The van der Waals surface area contributed by atoms with Gasteiger partial charge in [-0.05, 0) is 50.1 Å². The summed E-state index contributed by atoms with van der Waals surface area (Å²) in [6.07, 6.45) is 2.01. The van der Waals surface area contributed by atoms with Crippen molar-refractivity contribution in [1.82, 2.24) is 4.98 Å². The van der Waals surface area contributed by atoms with Crippen LogP contribution in [0.1, 0.15) is 36.7 Å². The predicted molar refractivity (Wildman–Crippen MR) is 77.2 cm³/mol. The van der Waals surface area contributed by atoms with Crippen LogP contribution in [0.3, 0.4) is 0 Å². The van der Waals surface area contributed by atoms with E-state index in [0.29, 0.717) is 0 Å². The first kappa shape index (κ1) is 13.6. The van der Waals surface area contributed by atoms with E-state index < -0.39 is 0 Å². The largest absolute Gasteiger partial charge is 0.491 e. The molecule has 1 aromatic carbocycles. The lowest BCUT2D eigenvalue weighted by Crippen LogP contribution is -2.12. The molecule has 0 saturated heterocycles. The summed E-state index contributed by atoms with van der Waals surface area (Å²) < 4.78 is 5.62. The third kappa shape index (κ3) is 3.55. The van der Waals surface area contributed by atoms with E-state index in [2.05, 4.69) is 4.98 Å². The molecule has 2 aromatic rings. The van der Waals surface area contributed by atoms with Crippen LogP contribution in [0.5, 0.6) is 5.75 Å². The molecule has 0 spiro atoms. The topological polar surface area (TPSA) is 48.1 Å². The fourth-order valence-electron chi connectivity index (χ4n) is 1.88. The van der Waals surface area contributed by atoms with Gasteiger partial charge in [0.25, 0.3) is 0 Å². The second-order valence-corrected chi connectivity index (χ2v) is 4.95. The minimum atomic E-state index is -0.152. The Morgan fingerprint density at radius 1 is 1.00 bits per heavy atom. The van der Waals surface area contributed by atoms with Crippen LogP contribution < -0.4 is 10.5 Å². The highest BCUT2D eigenvalue weighted by molar-refractivity contribution is 5.34. The van der Waals surface area contributed by atoms with Crippen LogP contribution in [0.25, 0.3) is 0 Å². The van der Waals surface area contributed by atoms with E-state index in [1.54, 1.807) is 0 Å². The van der Waals surface area contributed by atoms with Crippen molar-refractivity contribution in [3.8, 4) is 5.75 Å². The fraction of sp³-hybridized carbons (Fsp3) is 0.312. The summed E-state index contributed by atoms with van der Waals surface area (Å²) in [4.78, 5) is 4.28. The molecule has 1 atom stereocenters. The Hall–Kier alpha value is -1.87. The van der Waals surface area contributed by atoms with Gasteiger partial charge < -0.3 is 10.5 Å². The number of benzene rings is 1. The molecule has 2 rings (SSSR count). The quantitative estimate of drug-likeness (QED) is 0.913. The summed E-state index contributed by atoms with van der Waals surface area (Å²) in [6.45, 7) is 5.99. The molecule has 1 aromatic heterocycles. The number of pyridine rings is 1. The number of nitrogens with zero attached hydrogens (tertiary/aromatic N) is 1.